The SMILES string of the molecule is CC/C=C/C/C=C/C/C=C/C/C=C/C/C=C/C/C=C/CCC(=O)O[C@H](COC(=O)CCCCCCCCCCCCCCCCCCCCCCCC)COP(=O)(O)O. The molecule has 0 aromatic carbocycles. The molecule has 0 bridgehead atoms. The van der Waals surface area contributed by atoms with Crippen LogP contribution in [0.5, 0.6) is 0 Å². The fourth-order valence-electron chi connectivity index (χ4n) is 6.52. The molecule has 0 saturated carbocycles. The van der Waals surface area contributed by atoms with Crippen LogP contribution in [0.1, 0.15) is 213 Å². The van der Waals surface area contributed by atoms with Crippen LogP contribution in [0, 0.1) is 0 Å². The fourth-order valence-corrected chi connectivity index (χ4v) is 6.88. The molecule has 1 atom stereocenters. The van der Waals surface area contributed by atoms with Crippen molar-refractivity contribution in [3.05, 3.63) is 72.9 Å². The van der Waals surface area contributed by atoms with Crippen LogP contribution >= 0.6 is 7.82 Å². The van der Waals surface area contributed by atoms with Crippen molar-refractivity contribution in [2.75, 3.05) is 13.2 Å². The maximum absolute atomic E-state index is 12.4. The van der Waals surface area contributed by atoms with Crippen molar-refractivity contribution in [2.45, 2.75) is 219 Å². The van der Waals surface area contributed by atoms with Crippen LogP contribution in [0.4, 0.5) is 0 Å². The number of esters is 2. The van der Waals surface area contributed by atoms with Crippen LogP contribution in [-0.2, 0) is 28.2 Å². The van der Waals surface area contributed by atoms with Crippen molar-refractivity contribution in [2.24, 2.45) is 0 Å². The number of unbranched alkanes of at least 4 members (excludes halogenated alkanes) is 21. The van der Waals surface area contributed by atoms with E-state index in [1.807, 2.05) is 12.2 Å². The summed E-state index contributed by atoms with van der Waals surface area (Å²) in [5.74, 6) is -0.979. The number of rotatable bonds is 43. The standard InChI is InChI=1S/C50H87O8P/c1-3-5-7-9-11-13-15-17-19-21-23-24-25-27-28-30-32-34-36-38-40-42-44-49(51)56-46-48(47-57-59(53,54)55)58-50(52)45-43-41-39-37-35-33-31-29-26-22-20-18-16-14-12-10-8-6-4-2/h6,8,12,14,18,20,26,29,33,35,39,41,48H,3-5,7,9-11,13,15-17,19,21-25,27-28,30-32,34,36-38,40,42-47H2,1-2H3,(H2,53,54,55)/b8-6+,14-12+,20-18+,29-26+,35-33+,41-39+/t48-/m1/s1. The Hall–Kier alpha value is -2.51. The lowest BCUT2D eigenvalue weighted by Crippen LogP contribution is -2.29. The summed E-state index contributed by atoms with van der Waals surface area (Å²) in [5.41, 5.74) is 0. The molecular weight excluding hydrogens is 760 g/mol. The number of ether oxygens (including phenoxy) is 2. The molecule has 0 fully saturated rings. The van der Waals surface area contributed by atoms with Gasteiger partial charge in [0.05, 0.1) is 6.61 Å². The van der Waals surface area contributed by atoms with Crippen LogP contribution in [0.25, 0.3) is 0 Å². The van der Waals surface area contributed by atoms with Gasteiger partial charge in [0, 0.05) is 12.8 Å². The van der Waals surface area contributed by atoms with Gasteiger partial charge in [0.2, 0.25) is 0 Å². The first-order valence-electron chi connectivity index (χ1n) is 23.7. The second kappa shape index (κ2) is 45.0. The van der Waals surface area contributed by atoms with Gasteiger partial charge >= 0.3 is 19.8 Å². The van der Waals surface area contributed by atoms with E-state index in [-0.39, 0.29) is 19.4 Å². The smallest absolute Gasteiger partial charge is 0.462 e. The molecule has 0 spiro atoms. The Morgan fingerprint density at radius 2 is 0.814 bits per heavy atom. The molecule has 0 aliphatic carbocycles. The molecule has 0 aliphatic rings. The quantitative estimate of drug-likeness (QED) is 0.0269. The minimum Gasteiger partial charge on any atom is -0.462 e. The van der Waals surface area contributed by atoms with Crippen molar-refractivity contribution >= 4 is 19.8 Å². The van der Waals surface area contributed by atoms with Gasteiger partial charge in [-0.25, -0.2) is 4.57 Å². The van der Waals surface area contributed by atoms with Gasteiger partial charge in [0.15, 0.2) is 6.10 Å². The van der Waals surface area contributed by atoms with Crippen molar-refractivity contribution < 1.29 is 37.9 Å². The monoisotopic (exact) mass is 847 g/mol. The van der Waals surface area contributed by atoms with Crippen LogP contribution in [0.15, 0.2) is 72.9 Å². The molecule has 0 aromatic heterocycles. The largest absolute Gasteiger partial charge is 0.469 e. The summed E-state index contributed by atoms with van der Waals surface area (Å²) < 4.78 is 26.4. The average molecular weight is 847 g/mol. The van der Waals surface area contributed by atoms with E-state index in [9.17, 15) is 14.2 Å². The van der Waals surface area contributed by atoms with Gasteiger partial charge in [-0.3, -0.25) is 14.1 Å². The number of hydrogen-bond acceptors (Lipinski definition) is 6. The Kier molecular flexibility index (Phi) is 43.1. The third-order valence-corrected chi connectivity index (χ3v) is 10.5. The molecule has 0 amide bonds. The first-order valence-corrected chi connectivity index (χ1v) is 25.3. The summed E-state index contributed by atoms with van der Waals surface area (Å²) >= 11 is 0. The summed E-state index contributed by atoms with van der Waals surface area (Å²) in [5, 5.41) is 0. The van der Waals surface area contributed by atoms with E-state index < -0.39 is 32.5 Å². The highest BCUT2D eigenvalue weighted by atomic mass is 31.2. The van der Waals surface area contributed by atoms with Crippen molar-refractivity contribution in [1.29, 1.82) is 0 Å². The molecule has 0 aliphatic heterocycles. The Morgan fingerprint density at radius 1 is 0.458 bits per heavy atom. The van der Waals surface area contributed by atoms with Gasteiger partial charge < -0.3 is 19.3 Å². The number of phosphoric ester groups is 1. The first-order chi connectivity index (χ1) is 28.8. The van der Waals surface area contributed by atoms with E-state index in [2.05, 4.69) is 79.1 Å². The van der Waals surface area contributed by atoms with E-state index in [1.54, 1.807) is 0 Å². The molecule has 0 unspecified atom stereocenters. The third kappa shape index (κ3) is 48.0. The molecule has 340 valence electrons. The normalized spacial score (nSPS) is 13.1. The lowest BCUT2D eigenvalue weighted by molar-refractivity contribution is -0.161. The second-order valence-corrected chi connectivity index (χ2v) is 16.9. The molecule has 0 radical (unpaired) electrons. The maximum Gasteiger partial charge on any atom is 0.469 e. The van der Waals surface area contributed by atoms with Gasteiger partial charge in [0.1, 0.15) is 6.61 Å². The highest BCUT2D eigenvalue weighted by Gasteiger charge is 2.22. The Morgan fingerprint density at radius 3 is 1.19 bits per heavy atom. The Labute approximate surface area is 361 Å². The predicted molar refractivity (Wildman–Crippen MR) is 248 cm³/mol. The first kappa shape index (κ1) is 56.5. The zero-order valence-electron chi connectivity index (χ0n) is 37.6. The molecule has 0 rings (SSSR count). The molecule has 0 saturated heterocycles. The highest BCUT2D eigenvalue weighted by Crippen LogP contribution is 2.36. The number of carbonyl (C=O) groups is 2. The van der Waals surface area contributed by atoms with Crippen molar-refractivity contribution in [1.82, 2.24) is 0 Å². The fraction of sp³-hybridized carbons (Fsp3) is 0.720. The van der Waals surface area contributed by atoms with Crippen molar-refractivity contribution in [3.63, 3.8) is 0 Å². The summed E-state index contributed by atoms with van der Waals surface area (Å²) in [4.78, 5) is 43.0. The number of carbonyl (C=O) groups excluding carboxylic acids is 2. The summed E-state index contributed by atoms with van der Waals surface area (Å²) in [6, 6.07) is 0. The summed E-state index contributed by atoms with van der Waals surface area (Å²) in [6.07, 6.45) is 59.4. The molecule has 59 heavy (non-hydrogen) atoms. The molecule has 0 heterocycles. The van der Waals surface area contributed by atoms with Crippen LogP contribution in [0.3, 0.4) is 0 Å². The molecule has 2 N–H and O–H groups in total. The van der Waals surface area contributed by atoms with Gasteiger partial charge in [0.25, 0.3) is 0 Å². The van der Waals surface area contributed by atoms with Gasteiger partial charge in [-0.05, 0) is 51.4 Å². The minimum atomic E-state index is -4.78. The number of phosphoric acid groups is 1. The molecule has 0 aromatic rings. The van der Waals surface area contributed by atoms with Gasteiger partial charge in [-0.2, -0.15) is 0 Å². The highest BCUT2D eigenvalue weighted by molar-refractivity contribution is 7.46. The van der Waals surface area contributed by atoms with E-state index in [0.29, 0.717) is 12.8 Å². The minimum absolute atomic E-state index is 0.0853. The van der Waals surface area contributed by atoms with Crippen molar-refractivity contribution in [3.8, 4) is 0 Å². The van der Waals surface area contributed by atoms with Crippen LogP contribution in [0.2, 0.25) is 0 Å². The predicted octanol–water partition coefficient (Wildman–Crippen LogP) is 15.0. The van der Waals surface area contributed by atoms with E-state index >= 15 is 0 Å². The van der Waals surface area contributed by atoms with Gasteiger partial charge in [-0.1, -0.05) is 222 Å². The van der Waals surface area contributed by atoms with E-state index in [4.69, 9.17) is 19.3 Å². The van der Waals surface area contributed by atoms with Crippen LogP contribution in [-0.4, -0.2) is 41.0 Å². The lowest BCUT2D eigenvalue weighted by Gasteiger charge is -2.18. The Bertz CT molecular complexity index is 1180. The molecule has 9 heteroatoms. The maximum atomic E-state index is 12.4. The second-order valence-electron chi connectivity index (χ2n) is 15.7. The van der Waals surface area contributed by atoms with E-state index in [1.165, 1.54) is 122 Å². The van der Waals surface area contributed by atoms with Crippen LogP contribution < -0.4 is 0 Å². The summed E-state index contributed by atoms with van der Waals surface area (Å²) in [7, 11) is -4.78. The van der Waals surface area contributed by atoms with E-state index in [0.717, 1.165) is 51.4 Å². The number of hydrogen-bond donors (Lipinski definition) is 2. The zero-order chi connectivity index (χ0) is 43.2. The topological polar surface area (TPSA) is 119 Å². The lowest BCUT2D eigenvalue weighted by atomic mass is 10.0. The molecule has 8 nitrogen and oxygen atoms in total. The number of allylic oxidation sites excluding steroid dienone is 12. The Balaban J connectivity index is 3.94. The summed E-state index contributed by atoms with van der Waals surface area (Å²) in [6.45, 7) is 3.53. The van der Waals surface area contributed by atoms with Gasteiger partial charge in [-0.15, -0.1) is 0 Å². The average Bonchev–Trinajstić information content (AvgIpc) is 3.21. The molecular formula is C50H87O8P. The third-order valence-electron chi connectivity index (χ3n) is 10.0. The zero-order valence-corrected chi connectivity index (χ0v) is 38.5.